The van der Waals surface area contributed by atoms with E-state index in [1.165, 1.54) is 38.8 Å². The number of hydrogen-bond acceptors (Lipinski definition) is 4. The van der Waals surface area contributed by atoms with Crippen LogP contribution >= 0.6 is 23.2 Å². The molecule has 2 heterocycles. The van der Waals surface area contributed by atoms with E-state index in [1.807, 2.05) is 0 Å². The summed E-state index contributed by atoms with van der Waals surface area (Å²) < 4.78 is 54.3. The largest absolute Gasteiger partial charge is 0.328 e. The van der Waals surface area contributed by atoms with Crippen molar-refractivity contribution in [3.05, 3.63) is 39.1 Å². The molecule has 6 nitrogen and oxygen atoms in total. The van der Waals surface area contributed by atoms with Gasteiger partial charge < -0.3 is 4.90 Å². The van der Waals surface area contributed by atoms with Gasteiger partial charge in [0.05, 0.1) is 21.4 Å². The molecule has 0 aliphatic carbocycles. The Labute approximate surface area is 197 Å². The summed E-state index contributed by atoms with van der Waals surface area (Å²) in [5.74, 6) is 0.679. The molecule has 178 valence electrons. The van der Waals surface area contributed by atoms with Crippen molar-refractivity contribution < 1.29 is 17.2 Å². The maximum atomic E-state index is 13.9. The highest BCUT2D eigenvalue weighted by Crippen LogP contribution is 2.38. The van der Waals surface area contributed by atoms with E-state index in [2.05, 4.69) is 22.1 Å². The SMILES string of the molecule is Cc1n[nH]c(C)c1N(C(F)F)S(=O)(=O)c1c(Cl)cc(CCCC2CCN(C)CC2)cc1Cl. The van der Waals surface area contributed by atoms with E-state index in [-0.39, 0.29) is 31.4 Å². The molecule has 32 heavy (non-hydrogen) atoms. The first-order valence-electron chi connectivity index (χ1n) is 10.5. The van der Waals surface area contributed by atoms with E-state index in [0.717, 1.165) is 31.5 Å². The van der Waals surface area contributed by atoms with Crippen LogP contribution in [0.1, 0.15) is 42.6 Å². The summed E-state index contributed by atoms with van der Waals surface area (Å²) in [7, 11) is -2.61. The Kier molecular flexibility index (Phi) is 8.06. The third-order valence-electron chi connectivity index (χ3n) is 5.98. The fraction of sp³-hybridized carbons (Fsp3) is 0.571. The molecule has 1 aromatic heterocycles. The first kappa shape index (κ1) is 25.2. The van der Waals surface area contributed by atoms with Crippen LogP contribution in [0.4, 0.5) is 14.5 Å². The molecule has 1 N–H and O–H groups in total. The predicted octanol–water partition coefficient (Wildman–Crippen LogP) is 5.42. The van der Waals surface area contributed by atoms with Gasteiger partial charge in [0.15, 0.2) is 0 Å². The first-order valence-corrected chi connectivity index (χ1v) is 12.7. The van der Waals surface area contributed by atoms with Crippen molar-refractivity contribution in [2.75, 3.05) is 24.4 Å². The normalized spacial score (nSPS) is 16.1. The molecule has 0 spiro atoms. The summed E-state index contributed by atoms with van der Waals surface area (Å²) in [5.41, 5.74) is 0.897. The predicted molar refractivity (Wildman–Crippen MR) is 123 cm³/mol. The molecule has 0 atom stereocenters. The minimum Gasteiger partial charge on any atom is -0.306 e. The van der Waals surface area contributed by atoms with Crippen molar-refractivity contribution in [2.45, 2.75) is 57.4 Å². The Morgan fingerprint density at radius 2 is 1.81 bits per heavy atom. The lowest BCUT2D eigenvalue weighted by Gasteiger charge is -2.28. The molecule has 3 rings (SSSR count). The van der Waals surface area contributed by atoms with Crippen LogP contribution in [0.2, 0.25) is 10.0 Å². The van der Waals surface area contributed by atoms with E-state index in [0.29, 0.717) is 12.3 Å². The van der Waals surface area contributed by atoms with Crippen molar-refractivity contribution in [1.29, 1.82) is 0 Å². The molecular formula is C21H28Cl2F2N4O2S. The zero-order valence-electron chi connectivity index (χ0n) is 18.3. The number of likely N-dealkylation sites (tertiary alicyclic amines) is 1. The van der Waals surface area contributed by atoms with E-state index in [9.17, 15) is 17.2 Å². The number of anilines is 1. The molecule has 1 fully saturated rings. The molecule has 0 radical (unpaired) electrons. The van der Waals surface area contributed by atoms with E-state index in [4.69, 9.17) is 23.2 Å². The van der Waals surface area contributed by atoms with Crippen molar-refractivity contribution in [3.8, 4) is 0 Å². The van der Waals surface area contributed by atoms with Crippen molar-refractivity contribution in [2.24, 2.45) is 5.92 Å². The Bertz CT molecular complexity index is 1010. The molecule has 11 heteroatoms. The lowest BCUT2D eigenvalue weighted by molar-refractivity contribution is 0.161. The number of halogens is 4. The van der Waals surface area contributed by atoms with Gasteiger partial charge in [0.1, 0.15) is 10.6 Å². The first-order chi connectivity index (χ1) is 15.0. The average molecular weight is 509 g/mol. The standard InChI is InChI=1S/C21H28Cl2F2N4O2S/c1-13-19(14(2)27-26-13)29(21(24)25)32(30,31)20-17(22)11-16(12-18(20)23)6-4-5-15-7-9-28(3)10-8-15/h11-12,15,21H,4-10H2,1-3H3,(H,26,27). The fourth-order valence-electron chi connectivity index (χ4n) is 4.24. The molecule has 0 saturated carbocycles. The third-order valence-corrected chi connectivity index (χ3v) is 8.61. The van der Waals surface area contributed by atoms with Gasteiger partial charge in [-0.3, -0.25) is 5.10 Å². The lowest BCUT2D eigenvalue weighted by atomic mass is 9.91. The Morgan fingerprint density at radius 1 is 1.22 bits per heavy atom. The Morgan fingerprint density at radius 3 is 2.31 bits per heavy atom. The summed E-state index contributed by atoms with van der Waals surface area (Å²) in [6, 6.07) is 3.02. The van der Waals surface area contributed by atoms with Gasteiger partial charge in [0, 0.05) is 0 Å². The molecule has 2 aromatic rings. The van der Waals surface area contributed by atoms with Gasteiger partial charge in [0.25, 0.3) is 10.0 Å². The Balaban J connectivity index is 1.81. The summed E-state index contributed by atoms with van der Waals surface area (Å²) >= 11 is 12.6. The number of alkyl halides is 2. The quantitative estimate of drug-likeness (QED) is 0.483. The number of aromatic amines is 1. The smallest absolute Gasteiger partial charge is 0.306 e. The average Bonchev–Trinajstić information content (AvgIpc) is 3.01. The van der Waals surface area contributed by atoms with E-state index in [1.54, 1.807) is 0 Å². The van der Waals surface area contributed by atoms with Crippen LogP contribution in [0.3, 0.4) is 0 Å². The zero-order valence-corrected chi connectivity index (χ0v) is 20.7. The van der Waals surface area contributed by atoms with Gasteiger partial charge in [-0.25, -0.2) is 12.7 Å². The van der Waals surface area contributed by atoms with Crippen LogP contribution in [0.15, 0.2) is 17.0 Å². The minimum atomic E-state index is -4.73. The van der Waals surface area contributed by atoms with Gasteiger partial charge in [-0.1, -0.05) is 29.6 Å². The number of aromatic nitrogens is 2. The minimum absolute atomic E-state index is 0.0219. The van der Waals surface area contributed by atoms with Crippen LogP contribution in [0, 0.1) is 19.8 Å². The molecular weight excluding hydrogens is 481 g/mol. The number of nitrogens with one attached hydrogen (secondary N) is 1. The molecule has 0 bridgehead atoms. The maximum absolute atomic E-state index is 13.9. The second-order valence-electron chi connectivity index (χ2n) is 8.39. The van der Waals surface area contributed by atoms with E-state index < -0.39 is 21.5 Å². The van der Waals surface area contributed by atoms with Gasteiger partial charge >= 0.3 is 6.55 Å². The van der Waals surface area contributed by atoms with Gasteiger partial charge in [-0.2, -0.15) is 13.9 Å². The molecule has 1 aliphatic rings. The highest BCUT2D eigenvalue weighted by atomic mass is 35.5. The number of nitrogens with zero attached hydrogens (tertiary/aromatic N) is 3. The number of sulfonamides is 1. The number of piperidine rings is 1. The van der Waals surface area contributed by atoms with Crippen LogP contribution in [0.5, 0.6) is 0 Å². The van der Waals surface area contributed by atoms with Gasteiger partial charge in [-0.05, 0) is 83.3 Å². The van der Waals surface area contributed by atoms with E-state index >= 15 is 0 Å². The molecule has 1 saturated heterocycles. The van der Waals surface area contributed by atoms with Crippen molar-refractivity contribution in [3.63, 3.8) is 0 Å². The summed E-state index contributed by atoms with van der Waals surface area (Å²) in [4.78, 5) is 1.80. The molecule has 1 aromatic carbocycles. The number of hydrogen-bond donors (Lipinski definition) is 1. The van der Waals surface area contributed by atoms with Crippen LogP contribution in [-0.4, -0.2) is 50.2 Å². The highest BCUT2D eigenvalue weighted by molar-refractivity contribution is 7.93. The van der Waals surface area contributed by atoms with Crippen LogP contribution in [-0.2, 0) is 16.4 Å². The maximum Gasteiger partial charge on any atom is 0.328 e. The van der Waals surface area contributed by atoms with Crippen molar-refractivity contribution in [1.82, 2.24) is 15.1 Å². The Hall–Kier alpha value is -1.42. The number of H-pyrrole nitrogens is 1. The number of aryl methyl sites for hydroxylation is 3. The second kappa shape index (κ2) is 10.2. The summed E-state index contributed by atoms with van der Waals surface area (Å²) in [6.07, 6.45) is 5.02. The number of rotatable bonds is 8. The summed E-state index contributed by atoms with van der Waals surface area (Å²) in [5, 5.41) is 6.02. The second-order valence-corrected chi connectivity index (χ2v) is 11.0. The third kappa shape index (κ3) is 5.38. The van der Waals surface area contributed by atoms with Gasteiger partial charge in [0.2, 0.25) is 0 Å². The van der Waals surface area contributed by atoms with Crippen molar-refractivity contribution >= 4 is 38.9 Å². The highest BCUT2D eigenvalue weighted by Gasteiger charge is 2.38. The number of benzene rings is 1. The molecule has 0 amide bonds. The molecule has 0 unspecified atom stereocenters. The fourth-order valence-corrected chi connectivity index (χ4v) is 6.88. The summed E-state index contributed by atoms with van der Waals surface area (Å²) in [6.45, 7) is 1.78. The molecule has 1 aliphatic heterocycles. The topological polar surface area (TPSA) is 69.3 Å². The van der Waals surface area contributed by atoms with Gasteiger partial charge in [-0.15, -0.1) is 0 Å². The van der Waals surface area contributed by atoms with Crippen LogP contribution in [0.25, 0.3) is 0 Å². The van der Waals surface area contributed by atoms with Crippen LogP contribution < -0.4 is 4.31 Å². The monoisotopic (exact) mass is 508 g/mol. The lowest BCUT2D eigenvalue weighted by Crippen LogP contribution is -2.36. The zero-order chi connectivity index (χ0) is 23.6.